The van der Waals surface area contributed by atoms with E-state index in [1.165, 1.54) is 7.11 Å². The molecule has 0 aliphatic carbocycles. The lowest BCUT2D eigenvalue weighted by Gasteiger charge is -2.09. The summed E-state index contributed by atoms with van der Waals surface area (Å²) < 4.78 is 4.66. The predicted octanol–water partition coefficient (Wildman–Crippen LogP) is 1.52. The summed E-state index contributed by atoms with van der Waals surface area (Å²) in [5, 5.41) is 0. The van der Waals surface area contributed by atoms with Gasteiger partial charge in [0.2, 0.25) is 0 Å². The van der Waals surface area contributed by atoms with Gasteiger partial charge < -0.3 is 10.5 Å². The summed E-state index contributed by atoms with van der Waals surface area (Å²) in [4.78, 5) is 24.1. The number of hydrogen-bond donors (Lipinski definition) is 1. The maximum Gasteiger partial charge on any atom is 0.343 e. The largest absolute Gasteiger partial charge is 0.465 e. The SMILES string of the molecule is COC(=O)c1c(C)nc(-c2ccncc2C)nc1N. The predicted molar refractivity (Wildman–Crippen MR) is 70.5 cm³/mol. The van der Waals surface area contributed by atoms with Crippen molar-refractivity contribution in [1.29, 1.82) is 0 Å². The Hall–Kier alpha value is -2.50. The van der Waals surface area contributed by atoms with Gasteiger partial charge in [-0.25, -0.2) is 14.8 Å². The average molecular weight is 258 g/mol. The van der Waals surface area contributed by atoms with Gasteiger partial charge in [0.1, 0.15) is 11.4 Å². The van der Waals surface area contributed by atoms with E-state index in [0.29, 0.717) is 11.5 Å². The first-order chi connectivity index (χ1) is 9.04. The lowest BCUT2D eigenvalue weighted by atomic mass is 10.1. The number of nitrogen functional groups attached to an aromatic ring is 1. The number of carbonyl (C=O) groups is 1. The van der Waals surface area contributed by atoms with Gasteiger partial charge in [0, 0.05) is 18.0 Å². The van der Waals surface area contributed by atoms with Crippen molar-refractivity contribution in [3.63, 3.8) is 0 Å². The number of hydrogen-bond acceptors (Lipinski definition) is 6. The van der Waals surface area contributed by atoms with E-state index in [2.05, 4.69) is 19.7 Å². The van der Waals surface area contributed by atoms with E-state index in [-0.39, 0.29) is 11.4 Å². The molecule has 2 aromatic heterocycles. The number of aryl methyl sites for hydroxylation is 2. The Labute approximate surface area is 110 Å². The Morgan fingerprint density at radius 2 is 2.05 bits per heavy atom. The summed E-state index contributed by atoms with van der Waals surface area (Å²) in [5.41, 5.74) is 8.29. The second kappa shape index (κ2) is 5.01. The number of ether oxygens (including phenoxy) is 1. The van der Waals surface area contributed by atoms with Gasteiger partial charge in [0.15, 0.2) is 5.82 Å². The third-order valence-corrected chi connectivity index (χ3v) is 2.77. The molecule has 6 nitrogen and oxygen atoms in total. The van der Waals surface area contributed by atoms with Gasteiger partial charge in [0.25, 0.3) is 0 Å². The molecule has 0 saturated heterocycles. The van der Waals surface area contributed by atoms with Crippen LogP contribution in [0.1, 0.15) is 21.6 Å². The molecule has 0 fully saturated rings. The molecule has 0 amide bonds. The topological polar surface area (TPSA) is 91.0 Å². The van der Waals surface area contributed by atoms with Crippen LogP contribution in [0.2, 0.25) is 0 Å². The van der Waals surface area contributed by atoms with Gasteiger partial charge in [-0.2, -0.15) is 0 Å². The number of pyridine rings is 1. The first-order valence-corrected chi connectivity index (χ1v) is 5.68. The molecule has 6 heteroatoms. The average Bonchev–Trinajstić information content (AvgIpc) is 2.38. The van der Waals surface area contributed by atoms with Crippen LogP contribution in [-0.2, 0) is 4.74 Å². The Balaban J connectivity index is 2.58. The zero-order chi connectivity index (χ0) is 14.0. The highest BCUT2D eigenvalue weighted by Gasteiger charge is 2.18. The summed E-state index contributed by atoms with van der Waals surface area (Å²) in [5.74, 6) is 0.0566. The van der Waals surface area contributed by atoms with Gasteiger partial charge >= 0.3 is 5.97 Å². The van der Waals surface area contributed by atoms with Crippen molar-refractivity contribution in [3.8, 4) is 11.4 Å². The Morgan fingerprint density at radius 1 is 1.32 bits per heavy atom. The van der Waals surface area contributed by atoms with Crippen LogP contribution in [0.3, 0.4) is 0 Å². The van der Waals surface area contributed by atoms with E-state index in [9.17, 15) is 4.79 Å². The van der Waals surface area contributed by atoms with Crippen molar-refractivity contribution in [2.45, 2.75) is 13.8 Å². The van der Waals surface area contributed by atoms with Crippen molar-refractivity contribution in [2.24, 2.45) is 0 Å². The van der Waals surface area contributed by atoms with Crippen LogP contribution < -0.4 is 5.73 Å². The molecule has 0 radical (unpaired) electrons. The van der Waals surface area contributed by atoms with Crippen LogP contribution in [0.4, 0.5) is 5.82 Å². The van der Waals surface area contributed by atoms with Gasteiger partial charge in [0.05, 0.1) is 12.8 Å². The maximum absolute atomic E-state index is 11.6. The molecule has 2 N–H and O–H groups in total. The molecule has 0 aliphatic rings. The summed E-state index contributed by atoms with van der Waals surface area (Å²) >= 11 is 0. The molecule has 2 heterocycles. The van der Waals surface area contributed by atoms with E-state index < -0.39 is 5.97 Å². The highest BCUT2D eigenvalue weighted by molar-refractivity contribution is 5.95. The van der Waals surface area contributed by atoms with Crippen molar-refractivity contribution in [1.82, 2.24) is 15.0 Å². The lowest BCUT2D eigenvalue weighted by Crippen LogP contribution is -2.12. The molecule has 0 atom stereocenters. The molecule has 19 heavy (non-hydrogen) atoms. The van der Waals surface area contributed by atoms with Crippen LogP contribution in [0.5, 0.6) is 0 Å². The summed E-state index contributed by atoms with van der Waals surface area (Å²) in [6, 6.07) is 1.81. The summed E-state index contributed by atoms with van der Waals surface area (Å²) in [6.07, 6.45) is 3.38. The third kappa shape index (κ3) is 2.37. The van der Waals surface area contributed by atoms with E-state index in [4.69, 9.17) is 5.73 Å². The third-order valence-electron chi connectivity index (χ3n) is 2.77. The number of anilines is 1. The van der Waals surface area contributed by atoms with Crippen LogP contribution in [0, 0.1) is 13.8 Å². The molecular formula is C13H14N4O2. The maximum atomic E-state index is 11.6. The first-order valence-electron chi connectivity index (χ1n) is 5.68. The Kier molecular flexibility index (Phi) is 3.41. The fourth-order valence-electron chi connectivity index (χ4n) is 1.79. The smallest absolute Gasteiger partial charge is 0.343 e. The lowest BCUT2D eigenvalue weighted by molar-refractivity contribution is 0.0600. The fraction of sp³-hybridized carbons (Fsp3) is 0.231. The van der Waals surface area contributed by atoms with Crippen LogP contribution in [0.25, 0.3) is 11.4 Å². The Morgan fingerprint density at radius 3 is 2.63 bits per heavy atom. The van der Waals surface area contributed by atoms with Gasteiger partial charge in [-0.3, -0.25) is 4.98 Å². The van der Waals surface area contributed by atoms with Crippen molar-refractivity contribution in [2.75, 3.05) is 12.8 Å². The van der Waals surface area contributed by atoms with Gasteiger partial charge in [-0.05, 0) is 25.5 Å². The van der Waals surface area contributed by atoms with E-state index in [0.717, 1.165) is 11.1 Å². The molecule has 0 saturated carbocycles. The molecular weight excluding hydrogens is 244 g/mol. The monoisotopic (exact) mass is 258 g/mol. The van der Waals surface area contributed by atoms with E-state index in [1.807, 2.05) is 6.92 Å². The number of aromatic nitrogens is 3. The number of esters is 1. The molecule has 0 aromatic carbocycles. The zero-order valence-corrected chi connectivity index (χ0v) is 11.0. The minimum atomic E-state index is -0.534. The molecule has 0 aliphatic heterocycles. The fourth-order valence-corrected chi connectivity index (χ4v) is 1.79. The number of nitrogens with zero attached hydrogens (tertiary/aromatic N) is 3. The standard InChI is InChI=1S/C13H14N4O2/c1-7-6-15-5-4-9(7)12-16-8(2)10(11(14)17-12)13(18)19-3/h4-6H,1-3H3,(H2,14,16,17). The molecule has 2 aromatic rings. The molecule has 0 unspecified atom stereocenters. The van der Waals surface area contributed by atoms with Crippen molar-refractivity contribution < 1.29 is 9.53 Å². The van der Waals surface area contributed by atoms with Crippen LogP contribution in [0.15, 0.2) is 18.5 Å². The normalized spacial score (nSPS) is 10.3. The van der Waals surface area contributed by atoms with Gasteiger partial charge in [-0.15, -0.1) is 0 Å². The quantitative estimate of drug-likeness (QED) is 0.821. The molecule has 2 rings (SSSR count). The molecule has 98 valence electrons. The van der Waals surface area contributed by atoms with Gasteiger partial charge in [-0.1, -0.05) is 0 Å². The zero-order valence-electron chi connectivity index (χ0n) is 11.0. The number of nitrogens with two attached hydrogens (primary N) is 1. The number of methoxy groups -OCH3 is 1. The number of carbonyl (C=O) groups excluding carboxylic acids is 1. The first kappa shape index (κ1) is 12.9. The summed E-state index contributed by atoms with van der Waals surface area (Å²) in [7, 11) is 1.29. The Bertz CT molecular complexity index is 617. The highest BCUT2D eigenvalue weighted by atomic mass is 16.5. The van der Waals surface area contributed by atoms with Crippen LogP contribution >= 0.6 is 0 Å². The number of rotatable bonds is 2. The minimum absolute atomic E-state index is 0.116. The molecule has 0 spiro atoms. The van der Waals surface area contributed by atoms with E-state index in [1.54, 1.807) is 25.4 Å². The second-order valence-electron chi connectivity index (χ2n) is 4.08. The van der Waals surface area contributed by atoms with Crippen molar-refractivity contribution >= 4 is 11.8 Å². The minimum Gasteiger partial charge on any atom is -0.465 e. The van der Waals surface area contributed by atoms with E-state index >= 15 is 0 Å². The molecule has 0 bridgehead atoms. The van der Waals surface area contributed by atoms with Crippen molar-refractivity contribution in [3.05, 3.63) is 35.3 Å². The van der Waals surface area contributed by atoms with Crippen LogP contribution in [-0.4, -0.2) is 28.0 Å². The highest BCUT2D eigenvalue weighted by Crippen LogP contribution is 2.22. The second-order valence-corrected chi connectivity index (χ2v) is 4.08. The summed E-state index contributed by atoms with van der Waals surface area (Å²) in [6.45, 7) is 3.61.